The molecule has 7 nitrogen and oxygen atoms in total. The van der Waals surface area contributed by atoms with Crippen LogP contribution in [0, 0.1) is 20.2 Å². The van der Waals surface area contributed by atoms with E-state index >= 15 is 0 Å². The minimum absolute atomic E-state index is 0.178. The van der Waals surface area contributed by atoms with E-state index in [1.807, 2.05) is 0 Å². The molecule has 0 atom stereocenters. The van der Waals surface area contributed by atoms with Crippen LogP contribution in [0.4, 0.5) is 24.5 Å². The maximum absolute atomic E-state index is 12.7. The predicted molar refractivity (Wildman–Crippen MR) is 71.3 cm³/mol. The van der Waals surface area contributed by atoms with Gasteiger partial charge in [0.15, 0.2) is 0 Å². The molecule has 120 valence electrons. The molecule has 0 aliphatic rings. The third kappa shape index (κ3) is 3.73. The van der Waals surface area contributed by atoms with E-state index in [0.717, 1.165) is 0 Å². The monoisotopic (exact) mass is 332 g/mol. The van der Waals surface area contributed by atoms with Gasteiger partial charge in [-0.3, -0.25) is 20.2 Å². The van der Waals surface area contributed by atoms with Gasteiger partial charge in [0.2, 0.25) is 5.75 Å². The smallest absolute Gasteiger partial charge is 0.416 e. The number of alkyl halides is 3. The molecule has 0 saturated heterocycles. The molecule has 10 heteroatoms. The maximum Gasteiger partial charge on any atom is 0.416 e. The number of ether oxygens (including phenoxy) is 1. The number of rotatable bonds is 4. The molecule has 0 aliphatic heterocycles. The first kappa shape index (κ1) is 11.4. The van der Waals surface area contributed by atoms with E-state index < -0.39 is 68.6 Å². The van der Waals surface area contributed by atoms with Crippen molar-refractivity contribution in [1.29, 1.82) is 0 Å². The number of hydrogen-bond donors (Lipinski definition) is 0. The molecule has 23 heavy (non-hydrogen) atoms. The summed E-state index contributed by atoms with van der Waals surface area (Å²) in [4.78, 5) is 19.6. The molecule has 2 aromatic carbocycles. The first-order valence-corrected chi connectivity index (χ1v) is 5.64. The minimum atomic E-state index is -4.87. The highest BCUT2D eigenvalue weighted by Gasteiger charge is 2.33. The number of nitro benzene ring substituents is 2. The molecule has 0 aromatic heterocycles. The third-order valence-electron chi connectivity index (χ3n) is 2.47. The lowest BCUT2D eigenvalue weighted by molar-refractivity contribution is -0.385. The summed E-state index contributed by atoms with van der Waals surface area (Å²) >= 11 is 0. The van der Waals surface area contributed by atoms with Crippen LogP contribution in [-0.2, 0) is 6.18 Å². The lowest BCUT2D eigenvalue weighted by Crippen LogP contribution is -2.06. The molecule has 0 radical (unpaired) electrons. The molecular formula is C13H7F3N2O5. The van der Waals surface area contributed by atoms with E-state index in [1.165, 1.54) is 0 Å². The van der Waals surface area contributed by atoms with E-state index in [9.17, 15) is 33.4 Å². The van der Waals surface area contributed by atoms with Gasteiger partial charge in [0.1, 0.15) is 5.75 Å². The van der Waals surface area contributed by atoms with E-state index in [0.29, 0.717) is 12.1 Å². The molecule has 0 heterocycles. The lowest BCUT2D eigenvalue weighted by Gasteiger charge is -2.09. The molecule has 2 rings (SSSR count). The Morgan fingerprint density at radius 3 is 2.13 bits per heavy atom. The Morgan fingerprint density at radius 1 is 1.04 bits per heavy atom. The quantitative estimate of drug-likeness (QED) is 0.614. The Hall–Kier alpha value is -3.17. The van der Waals surface area contributed by atoms with Crippen LogP contribution in [0.3, 0.4) is 0 Å². The summed E-state index contributed by atoms with van der Waals surface area (Å²) < 4.78 is 73.5. The zero-order valence-corrected chi connectivity index (χ0v) is 10.8. The Labute approximate surface area is 131 Å². The van der Waals surface area contributed by atoms with Crippen molar-refractivity contribution in [2.24, 2.45) is 0 Å². The molecule has 0 N–H and O–H groups in total. The van der Waals surface area contributed by atoms with Crippen molar-refractivity contribution in [1.82, 2.24) is 0 Å². The number of halogens is 3. The third-order valence-corrected chi connectivity index (χ3v) is 2.47. The van der Waals surface area contributed by atoms with Crippen LogP contribution in [0.15, 0.2) is 42.4 Å². The van der Waals surface area contributed by atoms with Crippen molar-refractivity contribution < 1.29 is 33.2 Å². The fourth-order valence-electron chi connectivity index (χ4n) is 1.47. The highest BCUT2D eigenvalue weighted by molar-refractivity contribution is 5.51. The van der Waals surface area contributed by atoms with Crippen molar-refractivity contribution >= 4 is 11.4 Å². The van der Waals surface area contributed by atoms with Gasteiger partial charge in [-0.25, -0.2) is 0 Å². The normalized spacial score (nSPS) is 13.5. The van der Waals surface area contributed by atoms with Crippen molar-refractivity contribution in [3.05, 3.63) is 68.2 Å². The van der Waals surface area contributed by atoms with E-state index in [4.69, 9.17) is 10.2 Å². The van der Waals surface area contributed by atoms with Gasteiger partial charge >= 0.3 is 11.9 Å². The highest BCUT2D eigenvalue weighted by Crippen LogP contribution is 2.37. The molecule has 0 unspecified atom stereocenters. The van der Waals surface area contributed by atoms with Gasteiger partial charge in [-0.15, -0.1) is 0 Å². The van der Waals surface area contributed by atoms with Gasteiger partial charge in [-0.2, -0.15) is 13.2 Å². The van der Waals surface area contributed by atoms with Gasteiger partial charge in [-0.1, -0.05) is 0 Å². The van der Waals surface area contributed by atoms with E-state index in [2.05, 4.69) is 0 Å². The summed E-state index contributed by atoms with van der Waals surface area (Å²) in [7, 11) is 0. The van der Waals surface area contributed by atoms with Gasteiger partial charge < -0.3 is 4.74 Å². The summed E-state index contributed by atoms with van der Waals surface area (Å²) in [6, 6.07) is -2.97. The Morgan fingerprint density at radius 2 is 1.65 bits per heavy atom. The van der Waals surface area contributed by atoms with Crippen LogP contribution in [0.25, 0.3) is 0 Å². The number of nitrogens with zero attached hydrogens (tertiary/aromatic N) is 2. The zero-order chi connectivity index (χ0) is 20.7. The molecule has 0 fully saturated rings. The van der Waals surface area contributed by atoms with Crippen LogP contribution in [0.1, 0.15) is 11.0 Å². The van der Waals surface area contributed by atoms with Crippen LogP contribution < -0.4 is 4.74 Å². The maximum atomic E-state index is 12.7. The fraction of sp³-hybridized carbons (Fsp3) is 0.0769. The highest BCUT2D eigenvalue weighted by atomic mass is 19.4. The number of hydrogen-bond acceptors (Lipinski definition) is 5. The molecule has 0 spiro atoms. The second-order valence-corrected chi connectivity index (χ2v) is 3.97. The van der Waals surface area contributed by atoms with Crippen molar-refractivity contribution in [2.45, 2.75) is 6.18 Å². The van der Waals surface area contributed by atoms with Crippen LogP contribution in [-0.4, -0.2) is 9.85 Å². The standard InChI is InChI=1S/C13H7F3N2O5/c14-13(15,16)8-1-6-12(11(7-8)18(21)22)23-10-4-2-9(3-5-10)17(19)20/h1-7H/i2D,3D,4D,5D. The van der Waals surface area contributed by atoms with Gasteiger partial charge in [0.25, 0.3) is 5.69 Å². The summed E-state index contributed by atoms with van der Waals surface area (Å²) in [6.07, 6.45) is -4.87. The molecule has 0 aliphatic carbocycles. The van der Waals surface area contributed by atoms with Crippen LogP contribution in [0.5, 0.6) is 11.5 Å². The summed E-state index contributed by atoms with van der Waals surface area (Å²) in [5, 5.41) is 21.9. The zero-order valence-electron chi connectivity index (χ0n) is 14.8. The average molecular weight is 332 g/mol. The first-order chi connectivity index (χ1) is 12.4. The molecule has 0 bridgehead atoms. The van der Waals surface area contributed by atoms with Crippen LogP contribution in [0.2, 0.25) is 0 Å². The molecule has 2 aromatic rings. The SMILES string of the molecule is [2H]c1c([2H])c([N+](=O)[O-])c([2H])c([2H])c1Oc1ccc(C(F)(F)F)cc1[N+](=O)[O-]. The second-order valence-electron chi connectivity index (χ2n) is 3.97. The Bertz CT molecular complexity index is 939. The Kier molecular flexibility index (Phi) is 2.93. The fourth-order valence-corrected chi connectivity index (χ4v) is 1.47. The molecule has 0 saturated carbocycles. The molecule has 0 amide bonds. The topological polar surface area (TPSA) is 95.5 Å². The summed E-state index contributed by atoms with van der Waals surface area (Å²) in [6.45, 7) is 0. The van der Waals surface area contributed by atoms with Crippen molar-refractivity contribution in [2.75, 3.05) is 0 Å². The van der Waals surface area contributed by atoms with Gasteiger partial charge in [-0.05, 0) is 24.2 Å². The van der Waals surface area contributed by atoms with Crippen molar-refractivity contribution in [3.8, 4) is 11.5 Å². The average Bonchev–Trinajstić information content (AvgIpc) is 2.55. The molecular weight excluding hydrogens is 321 g/mol. The summed E-state index contributed by atoms with van der Waals surface area (Å²) in [5.74, 6) is -1.69. The number of nitro groups is 2. The lowest BCUT2D eigenvalue weighted by atomic mass is 10.2. The van der Waals surface area contributed by atoms with E-state index in [1.54, 1.807) is 0 Å². The van der Waals surface area contributed by atoms with E-state index in [-0.39, 0.29) is 6.07 Å². The van der Waals surface area contributed by atoms with Crippen molar-refractivity contribution in [3.63, 3.8) is 0 Å². The minimum Gasteiger partial charge on any atom is -0.450 e. The predicted octanol–water partition coefficient (Wildman–Crippen LogP) is 4.31. The van der Waals surface area contributed by atoms with Gasteiger partial charge in [0.05, 0.1) is 20.9 Å². The number of benzene rings is 2. The summed E-state index contributed by atoms with van der Waals surface area (Å²) in [5.41, 5.74) is -3.62. The largest absolute Gasteiger partial charge is 0.450 e. The Balaban J connectivity index is 2.64. The van der Waals surface area contributed by atoms with Gasteiger partial charge in [0, 0.05) is 18.2 Å². The van der Waals surface area contributed by atoms with Crippen LogP contribution >= 0.6 is 0 Å². The second kappa shape index (κ2) is 5.91. The first-order valence-electron chi connectivity index (χ1n) is 7.64.